The van der Waals surface area contributed by atoms with Crippen molar-refractivity contribution in [2.75, 3.05) is 26.2 Å². The third-order valence-corrected chi connectivity index (χ3v) is 5.07. The molecule has 0 unspecified atom stereocenters. The Morgan fingerprint density at radius 1 is 1.39 bits per heavy atom. The molecule has 126 valence electrons. The van der Waals surface area contributed by atoms with Gasteiger partial charge in [-0.3, -0.25) is 4.90 Å². The fourth-order valence-corrected chi connectivity index (χ4v) is 3.81. The molecule has 0 bridgehead atoms. The van der Waals surface area contributed by atoms with E-state index in [-0.39, 0.29) is 12.7 Å². The van der Waals surface area contributed by atoms with E-state index >= 15 is 0 Å². The highest BCUT2D eigenvalue weighted by molar-refractivity contribution is 7.10. The number of ether oxygens (including phenoxy) is 1. The minimum atomic E-state index is -0.0521. The first kappa shape index (κ1) is 16.7. The normalized spacial score (nSPS) is 20.7. The zero-order chi connectivity index (χ0) is 16.1. The predicted molar refractivity (Wildman–Crippen MR) is 90.4 cm³/mol. The molecule has 1 aliphatic heterocycles. The molecule has 2 N–H and O–H groups in total. The molecule has 1 fully saturated rings. The molecular formula is C17H24N2O3S. The molecule has 2 aromatic heterocycles. The fraction of sp³-hybridized carbons (Fsp3) is 0.529. The van der Waals surface area contributed by atoms with E-state index in [1.165, 1.54) is 4.88 Å². The van der Waals surface area contributed by atoms with Gasteiger partial charge in [0.1, 0.15) is 18.1 Å². The molecule has 3 rings (SSSR count). The van der Waals surface area contributed by atoms with Crippen molar-refractivity contribution >= 4 is 11.3 Å². The third-order valence-electron chi connectivity index (χ3n) is 4.09. The van der Waals surface area contributed by atoms with Gasteiger partial charge in [-0.2, -0.15) is 0 Å². The van der Waals surface area contributed by atoms with Gasteiger partial charge in [0.2, 0.25) is 0 Å². The first-order chi connectivity index (χ1) is 11.3. The topological polar surface area (TPSA) is 57.9 Å². The van der Waals surface area contributed by atoms with Crippen molar-refractivity contribution in [3.63, 3.8) is 0 Å². The van der Waals surface area contributed by atoms with Gasteiger partial charge in [0.25, 0.3) is 0 Å². The summed E-state index contributed by atoms with van der Waals surface area (Å²) >= 11 is 1.80. The second kappa shape index (κ2) is 8.08. The Labute approximate surface area is 140 Å². The smallest absolute Gasteiger partial charge is 0.129 e. The summed E-state index contributed by atoms with van der Waals surface area (Å²) in [6.45, 7) is 6.32. The van der Waals surface area contributed by atoms with Crippen molar-refractivity contribution in [2.45, 2.75) is 32.2 Å². The Bertz CT molecular complexity index is 584. The number of aliphatic hydroxyl groups excluding tert-OH is 1. The molecule has 0 radical (unpaired) electrons. The molecule has 1 saturated heterocycles. The van der Waals surface area contributed by atoms with Gasteiger partial charge < -0.3 is 19.6 Å². The van der Waals surface area contributed by atoms with Crippen LogP contribution in [0.5, 0.6) is 0 Å². The maximum absolute atomic E-state index is 9.05. The van der Waals surface area contributed by atoms with Gasteiger partial charge >= 0.3 is 0 Å². The van der Waals surface area contributed by atoms with Crippen molar-refractivity contribution in [1.82, 2.24) is 10.2 Å². The first-order valence-electron chi connectivity index (χ1n) is 8.04. The van der Waals surface area contributed by atoms with Gasteiger partial charge in [-0.05, 0) is 30.5 Å². The lowest BCUT2D eigenvalue weighted by Gasteiger charge is -2.37. The number of aliphatic hydroxyl groups is 1. The Morgan fingerprint density at radius 3 is 2.96 bits per heavy atom. The quantitative estimate of drug-likeness (QED) is 0.813. The van der Waals surface area contributed by atoms with Gasteiger partial charge in [0.15, 0.2) is 0 Å². The Kier molecular flexibility index (Phi) is 5.85. The van der Waals surface area contributed by atoms with Crippen LogP contribution in [0.25, 0.3) is 0 Å². The number of furan rings is 1. The second-order valence-corrected chi connectivity index (χ2v) is 6.84. The molecule has 2 aromatic rings. The van der Waals surface area contributed by atoms with Gasteiger partial charge in [-0.15, -0.1) is 11.3 Å². The van der Waals surface area contributed by atoms with Crippen LogP contribution >= 0.6 is 11.3 Å². The molecule has 23 heavy (non-hydrogen) atoms. The fourth-order valence-electron chi connectivity index (χ4n) is 2.95. The lowest BCUT2D eigenvalue weighted by atomic mass is 10.1. The molecule has 5 nitrogen and oxygen atoms in total. The van der Waals surface area contributed by atoms with Crippen LogP contribution < -0.4 is 5.32 Å². The zero-order valence-electron chi connectivity index (χ0n) is 13.4. The third kappa shape index (κ3) is 4.43. The van der Waals surface area contributed by atoms with Crippen molar-refractivity contribution < 1.29 is 14.3 Å². The largest absolute Gasteiger partial charge is 0.462 e. The SMILES string of the molecule is C[C@H]1CN([C@H](CNCc2ccc(CO)o2)c2cccs2)CCO1. The number of thiophene rings is 1. The van der Waals surface area contributed by atoms with Crippen LogP contribution in [0.3, 0.4) is 0 Å². The van der Waals surface area contributed by atoms with Gasteiger partial charge in [0.05, 0.1) is 25.3 Å². The highest BCUT2D eigenvalue weighted by Gasteiger charge is 2.26. The summed E-state index contributed by atoms with van der Waals surface area (Å²) in [4.78, 5) is 3.87. The highest BCUT2D eigenvalue weighted by Crippen LogP contribution is 2.26. The lowest BCUT2D eigenvalue weighted by molar-refractivity contribution is -0.0340. The van der Waals surface area contributed by atoms with Crippen LogP contribution in [0, 0.1) is 0 Å². The van der Waals surface area contributed by atoms with Gasteiger partial charge in [-0.1, -0.05) is 6.07 Å². The van der Waals surface area contributed by atoms with Crippen molar-refractivity contribution in [3.8, 4) is 0 Å². The summed E-state index contributed by atoms with van der Waals surface area (Å²) in [6, 6.07) is 8.39. The molecule has 6 heteroatoms. The van der Waals surface area contributed by atoms with Crippen LogP contribution in [-0.2, 0) is 17.9 Å². The minimum absolute atomic E-state index is 0.0521. The average molecular weight is 336 g/mol. The highest BCUT2D eigenvalue weighted by atomic mass is 32.1. The summed E-state index contributed by atoms with van der Waals surface area (Å²) in [6.07, 6.45) is 0.281. The maximum atomic E-state index is 9.05. The van der Waals surface area contributed by atoms with E-state index in [2.05, 4.69) is 34.7 Å². The Balaban J connectivity index is 1.60. The van der Waals surface area contributed by atoms with E-state index in [1.54, 1.807) is 11.3 Å². The number of hydrogen-bond donors (Lipinski definition) is 2. The zero-order valence-corrected chi connectivity index (χ0v) is 14.2. The van der Waals surface area contributed by atoms with Gasteiger partial charge in [-0.25, -0.2) is 0 Å². The predicted octanol–water partition coefficient (Wildman–Crippen LogP) is 2.39. The van der Waals surface area contributed by atoms with E-state index in [0.29, 0.717) is 18.3 Å². The van der Waals surface area contributed by atoms with E-state index < -0.39 is 0 Å². The van der Waals surface area contributed by atoms with Crippen LogP contribution in [0.4, 0.5) is 0 Å². The average Bonchev–Trinajstić information content (AvgIpc) is 3.23. The molecule has 1 aliphatic rings. The van der Waals surface area contributed by atoms with Crippen LogP contribution in [0.15, 0.2) is 34.1 Å². The Morgan fingerprint density at radius 2 is 2.26 bits per heavy atom. The van der Waals surface area contributed by atoms with Crippen LogP contribution in [0.2, 0.25) is 0 Å². The lowest BCUT2D eigenvalue weighted by Crippen LogP contribution is -2.45. The number of hydrogen-bond acceptors (Lipinski definition) is 6. The summed E-state index contributed by atoms with van der Waals surface area (Å²) in [5.41, 5.74) is 0. The minimum Gasteiger partial charge on any atom is -0.462 e. The molecule has 0 aliphatic carbocycles. The van der Waals surface area contributed by atoms with Crippen molar-refractivity contribution in [3.05, 3.63) is 46.0 Å². The van der Waals surface area contributed by atoms with Crippen LogP contribution in [0.1, 0.15) is 29.4 Å². The molecule has 2 atom stereocenters. The second-order valence-electron chi connectivity index (χ2n) is 5.86. The summed E-state index contributed by atoms with van der Waals surface area (Å²) < 4.78 is 11.2. The summed E-state index contributed by atoms with van der Waals surface area (Å²) in [7, 11) is 0. The molecule has 0 amide bonds. The van der Waals surface area contributed by atoms with Gasteiger partial charge in [0, 0.05) is 24.5 Å². The molecular weight excluding hydrogens is 312 g/mol. The van der Waals surface area contributed by atoms with E-state index in [1.807, 2.05) is 12.1 Å². The number of rotatable bonds is 7. The number of nitrogens with one attached hydrogen (secondary N) is 1. The van der Waals surface area contributed by atoms with E-state index in [9.17, 15) is 0 Å². The van der Waals surface area contributed by atoms with Crippen molar-refractivity contribution in [1.29, 1.82) is 0 Å². The molecule has 0 saturated carbocycles. The number of nitrogens with zero attached hydrogens (tertiary/aromatic N) is 1. The molecule has 0 aromatic carbocycles. The molecule has 3 heterocycles. The first-order valence-corrected chi connectivity index (χ1v) is 8.92. The number of morpholine rings is 1. The van der Waals surface area contributed by atoms with E-state index in [0.717, 1.165) is 32.0 Å². The van der Waals surface area contributed by atoms with Crippen LogP contribution in [-0.4, -0.2) is 42.4 Å². The summed E-state index contributed by atoms with van der Waals surface area (Å²) in [5.74, 6) is 1.47. The summed E-state index contributed by atoms with van der Waals surface area (Å²) in [5, 5.41) is 14.7. The standard InChI is InChI=1S/C17H24N2O3S/c1-13-11-19(6-7-21-13)16(17-3-2-8-23-17)10-18-9-14-4-5-15(12-20)22-14/h2-5,8,13,16,18,20H,6-7,9-12H2,1H3/t13-,16+/m0/s1. The molecule has 0 spiro atoms. The monoisotopic (exact) mass is 336 g/mol. The van der Waals surface area contributed by atoms with E-state index in [4.69, 9.17) is 14.3 Å². The Hall–Kier alpha value is -1.18. The van der Waals surface area contributed by atoms with Crippen molar-refractivity contribution in [2.24, 2.45) is 0 Å². The maximum Gasteiger partial charge on any atom is 0.129 e.